The van der Waals surface area contributed by atoms with Crippen LogP contribution in [0.1, 0.15) is 30.0 Å². The van der Waals surface area contributed by atoms with Crippen molar-refractivity contribution in [2.75, 3.05) is 26.3 Å². The number of benzene rings is 1. The fourth-order valence-corrected chi connectivity index (χ4v) is 4.09. The first-order valence-electron chi connectivity index (χ1n) is 7.48. The molecular weight excluding hydrogens is 288 g/mol. The molecule has 1 saturated carbocycles. The van der Waals surface area contributed by atoms with Crippen LogP contribution in [0.25, 0.3) is 0 Å². The van der Waals surface area contributed by atoms with Gasteiger partial charge in [-0.3, -0.25) is 0 Å². The molecule has 1 aromatic rings. The highest BCUT2D eigenvalue weighted by molar-refractivity contribution is 7.87. The van der Waals surface area contributed by atoms with Gasteiger partial charge >= 0.3 is 0 Å². The van der Waals surface area contributed by atoms with Crippen molar-refractivity contribution in [1.29, 1.82) is 0 Å². The van der Waals surface area contributed by atoms with Crippen molar-refractivity contribution < 1.29 is 13.2 Å². The Morgan fingerprint density at radius 2 is 1.81 bits per heavy atom. The summed E-state index contributed by atoms with van der Waals surface area (Å²) >= 11 is 0. The Morgan fingerprint density at radius 3 is 2.38 bits per heavy atom. The van der Waals surface area contributed by atoms with E-state index in [9.17, 15) is 8.42 Å². The van der Waals surface area contributed by atoms with Gasteiger partial charge in [-0.15, -0.1) is 0 Å². The first-order chi connectivity index (χ1) is 10.1. The zero-order valence-corrected chi connectivity index (χ0v) is 13.1. The monoisotopic (exact) mass is 310 g/mol. The number of hydrogen-bond acceptors (Lipinski definition) is 3. The summed E-state index contributed by atoms with van der Waals surface area (Å²) in [6.45, 7) is 3.84. The number of ether oxygens (including phenoxy) is 1. The van der Waals surface area contributed by atoms with E-state index in [1.165, 1.54) is 9.87 Å². The number of hydrogen-bond donors (Lipinski definition) is 1. The molecule has 116 valence electrons. The Hall–Kier alpha value is -0.950. The fourth-order valence-electron chi connectivity index (χ4n) is 2.66. The highest BCUT2D eigenvalue weighted by atomic mass is 32.2. The molecule has 2 fully saturated rings. The van der Waals surface area contributed by atoms with Gasteiger partial charge in [0.05, 0.1) is 19.3 Å². The summed E-state index contributed by atoms with van der Waals surface area (Å²) in [6, 6.07) is 8.01. The van der Waals surface area contributed by atoms with E-state index in [0.717, 1.165) is 18.4 Å². The molecule has 1 aromatic carbocycles. The van der Waals surface area contributed by atoms with Gasteiger partial charge in [-0.2, -0.15) is 17.4 Å². The second kappa shape index (κ2) is 6.04. The molecule has 0 radical (unpaired) electrons. The van der Waals surface area contributed by atoms with Crippen molar-refractivity contribution in [2.24, 2.45) is 5.92 Å². The van der Waals surface area contributed by atoms with Crippen molar-refractivity contribution in [3.05, 3.63) is 35.4 Å². The summed E-state index contributed by atoms with van der Waals surface area (Å²) in [5, 5.41) is 0. The van der Waals surface area contributed by atoms with Crippen LogP contribution in [-0.4, -0.2) is 39.0 Å². The maximum atomic E-state index is 12.5. The molecule has 3 rings (SSSR count). The van der Waals surface area contributed by atoms with Crippen LogP contribution in [0.3, 0.4) is 0 Å². The smallest absolute Gasteiger partial charge is 0.280 e. The van der Waals surface area contributed by atoms with Gasteiger partial charge in [0.15, 0.2) is 0 Å². The molecule has 1 N–H and O–H groups in total. The Kier molecular flexibility index (Phi) is 4.31. The highest BCUT2D eigenvalue weighted by Gasteiger charge is 2.37. The zero-order valence-electron chi connectivity index (χ0n) is 12.3. The Bertz CT molecular complexity index is 575. The molecule has 1 aliphatic carbocycles. The molecule has 1 heterocycles. The Morgan fingerprint density at radius 1 is 1.19 bits per heavy atom. The number of aryl methyl sites for hydroxylation is 1. The normalized spacial score (nSPS) is 22.1. The van der Waals surface area contributed by atoms with Crippen LogP contribution in [0.4, 0.5) is 0 Å². The van der Waals surface area contributed by atoms with E-state index < -0.39 is 10.2 Å². The zero-order chi connectivity index (χ0) is 14.9. The molecule has 1 saturated heterocycles. The largest absolute Gasteiger partial charge is 0.379 e. The molecule has 0 aromatic heterocycles. The van der Waals surface area contributed by atoms with Gasteiger partial charge in [-0.1, -0.05) is 29.8 Å². The second-order valence-electron chi connectivity index (χ2n) is 5.86. The van der Waals surface area contributed by atoms with Crippen molar-refractivity contribution in [2.45, 2.75) is 25.8 Å². The van der Waals surface area contributed by atoms with Crippen LogP contribution < -0.4 is 4.72 Å². The van der Waals surface area contributed by atoms with Crippen LogP contribution in [0.15, 0.2) is 24.3 Å². The number of morpholine rings is 1. The SMILES string of the molecule is Cc1ccc(C(NS(=O)(=O)N2CCOCC2)C2CC2)cc1. The molecule has 1 unspecified atom stereocenters. The predicted octanol–water partition coefficient (Wildman–Crippen LogP) is 1.61. The van der Waals surface area contributed by atoms with Crippen LogP contribution in [0.5, 0.6) is 0 Å². The van der Waals surface area contributed by atoms with Gasteiger partial charge in [-0.05, 0) is 31.2 Å². The van der Waals surface area contributed by atoms with E-state index >= 15 is 0 Å². The topological polar surface area (TPSA) is 58.6 Å². The lowest BCUT2D eigenvalue weighted by molar-refractivity contribution is 0.0722. The number of rotatable bonds is 5. The molecule has 1 atom stereocenters. The molecule has 2 aliphatic rings. The minimum absolute atomic E-state index is 0.113. The maximum absolute atomic E-state index is 12.5. The van der Waals surface area contributed by atoms with Gasteiger partial charge in [-0.25, -0.2) is 0 Å². The van der Waals surface area contributed by atoms with Crippen LogP contribution in [0, 0.1) is 12.8 Å². The summed E-state index contributed by atoms with van der Waals surface area (Å²) < 4.78 is 34.7. The van der Waals surface area contributed by atoms with Crippen LogP contribution in [-0.2, 0) is 14.9 Å². The van der Waals surface area contributed by atoms with Gasteiger partial charge in [0.1, 0.15) is 0 Å². The fraction of sp³-hybridized carbons (Fsp3) is 0.600. The van der Waals surface area contributed by atoms with E-state index in [1.807, 2.05) is 31.2 Å². The second-order valence-corrected chi connectivity index (χ2v) is 7.56. The lowest BCUT2D eigenvalue weighted by atomic mass is 10.0. The summed E-state index contributed by atoms with van der Waals surface area (Å²) in [5.74, 6) is 0.420. The average molecular weight is 310 g/mol. The molecular formula is C15H22N2O3S. The Labute approximate surface area is 126 Å². The minimum atomic E-state index is -3.44. The molecule has 5 nitrogen and oxygen atoms in total. The van der Waals surface area contributed by atoms with Gasteiger partial charge in [0.25, 0.3) is 10.2 Å². The van der Waals surface area contributed by atoms with E-state index in [4.69, 9.17) is 4.74 Å². The summed E-state index contributed by atoms with van der Waals surface area (Å²) in [4.78, 5) is 0. The summed E-state index contributed by atoms with van der Waals surface area (Å²) in [5.41, 5.74) is 2.24. The highest BCUT2D eigenvalue weighted by Crippen LogP contribution is 2.41. The minimum Gasteiger partial charge on any atom is -0.379 e. The van der Waals surface area contributed by atoms with E-state index in [2.05, 4.69) is 4.72 Å². The van der Waals surface area contributed by atoms with Gasteiger partial charge < -0.3 is 4.74 Å². The first-order valence-corrected chi connectivity index (χ1v) is 8.92. The van der Waals surface area contributed by atoms with Gasteiger partial charge in [0, 0.05) is 13.1 Å². The van der Waals surface area contributed by atoms with Crippen LogP contribution >= 0.6 is 0 Å². The quantitative estimate of drug-likeness (QED) is 0.899. The van der Waals surface area contributed by atoms with Crippen molar-refractivity contribution >= 4 is 10.2 Å². The van der Waals surface area contributed by atoms with Gasteiger partial charge in [0.2, 0.25) is 0 Å². The summed E-state index contributed by atoms with van der Waals surface area (Å²) in [7, 11) is -3.44. The predicted molar refractivity (Wildman–Crippen MR) is 81.1 cm³/mol. The van der Waals surface area contributed by atoms with Crippen molar-refractivity contribution in [3.63, 3.8) is 0 Å². The number of nitrogens with zero attached hydrogens (tertiary/aromatic N) is 1. The molecule has 0 bridgehead atoms. The van der Waals surface area contributed by atoms with Crippen molar-refractivity contribution in [3.8, 4) is 0 Å². The van der Waals surface area contributed by atoms with Crippen molar-refractivity contribution in [1.82, 2.24) is 9.03 Å². The third-order valence-electron chi connectivity index (χ3n) is 4.12. The van der Waals surface area contributed by atoms with E-state index in [0.29, 0.717) is 32.2 Å². The lowest BCUT2D eigenvalue weighted by Crippen LogP contribution is -2.47. The Balaban J connectivity index is 1.77. The van der Waals surface area contributed by atoms with E-state index in [1.54, 1.807) is 0 Å². The van der Waals surface area contributed by atoms with E-state index in [-0.39, 0.29) is 6.04 Å². The number of nitrogens with one attached hydrogen (secondary N) is 1. The lowest BCUT2D eigenvalue weighted by Gasteiger charge is -2.29. The molecule has 0 spiro atoms. The third-order valence-corrected chi connectivity index (χ3v) is 5.71. The summed E-state index contributed by atoms with van der Waals surface area (Å²) in [6.07, 6.45) is 2.17. The average Bonchev–Trinajstić information content (AvgIpc) is 3.31. The standard InChI is InChI=1S/C15H22N2O3S/c1-12-2-4-13(5-3-12)15(14-6-7-14)16-21(18,19)17-8-10-20-11-9-17/h2-5,14-16H,6-11H2,1H3. The molecule has 21 heavy (non-hydrogen) atoms. The third kappa shape index (κ3) is 3.63. The molecule has 6 heteroatoms. The first kappa shape index (κ1) is 15.0. The molecule has 0 amide bonds. The maximum Gasteiger partial charge on any atom is 0.280 e. The van der Waals surface area contributed by atoms with Crippen LogP contribution in [0.2, 0.25) is 0 Å². The molecule has 1 aliphatic heterocycles.